The van der Waals surface area contributed by atoms with Gasteiger partial charge in [-0.1, -0.05) is 0 Å². The first kappa shape index (κ1) is 13.9. The number of phenolic OH excluding ortho intramolecular Hbond substituents is 1. The van der Waals surface area contributed by atoms with Gasteiger partial charge in [-0.2, -0.15) is 0 Å². The third kappa shape index (κ3) is 4.38. The second kappa shape index (κ2) is 6.55. The first-order chi connectivity index (χ1) is 8.52. The van der Waals surface area contributed by atoms with E-state index in [-0.39, 0.29) is 19.0 Å². The van der Waals surface area contributed by atoms with E-state index in [0.717, 1.165) is 0 Å². The maximum Gasteiger partial charge on any atom is 0.404 e. The number of aromatic hydroxyl groups is 1. The van der Waals surface area contributed by atoms with Gasteiger partial charge >= 0.3 is 6.09 Å². The number of ether oxygens (including phenoxy) is 3. The highest BCUT2D eigenvalue weighted by molar-refractivity contribution is 5.64. The van der Waals surface area contributed by atoms with Crippen LogP contribution in [-0.4, -0.2) is 42.7 Å². The fourth-order valence-electron chi connectivity index (χ4n) is 1.19. The molecule has 0 radical (unpaired) electrons. The van der Waals surface area contributed by atoms with E-state index in [1.165, 1.54) is 25.3 Å². The van der Waals surface area contributed by atoms with Gasteiger partial charge in [0.2, 0.25) is 0 Å². The maximum absolute atomic E-state index is 10.3. The molecule has 4 N–H and O–H groups in total. The van der Waals surface area contributed by atoms with Gasteiger partial charge in [0.05, 0.1) is 7.11 Å². The van der Waals surface area contributed by atoms with Crippen LogP contribution in [0, 0.1) is 0 Å². The Balaban J connectivity index is 2.50. The molecule has 7 nitrogen and oxygen atoms in total. The molecule has 0 saturated heterocycles. The standard InChI is InChI=1S/C11H15NO6/c1-16-10-4-7(13)2-3-9(10)17-5-8(14)6-18-11(12)15/h2-4,8,13-14H,5-6H2,1H3,(H2,12,15). The molecule has 1 rings (SSSR count). The highest BCUT2D eigenvalue weighted by Crippen LogP contribution is 2.30. The van der Waals surface area contributed by atoms with Crippen LogP contribution in [0.25, 0.3) is 0 Å². The lowest BCUT2D eigenvalue weighted by Crippen LogP contribution is -2.27. The Labute approximate surface area is 104 Å². The highest BCUT2D eigenvalue weighted by Gasteiger charge is 2.10. The Morgan fingerprint density at radius 2 is 2.11 bits per heavy atom. The van der Waals surface area contributed by atoms with Crippen molar-refractivity contribution < 1.29 is 29.2 Å². The third-order valence-electron chi connectivity index (χ3n) is 2.00. The summed E-state index contributed by atoms with van der Waals surface area (Å²) in [5.74, 6) is 0.725. The highest BCUT2D eigenvalue weighted by atomic mass is 16.6. The van der Waals surface area contributed by atoms with Gasteiger partial charge in [0, 0.05) is 6.07 Å². The van der Waals surface area contributed by atoms with Crippen molar-refractivity contribution in [3.63, 3.8) is 0 Å². The Bertz CT molecular complexity index is 409. The van der Waals surface area contributed by atoms with Crippen molar-refractivity contribution in [1.82, 2.24) is 0 Å². The van der Waals surface area contributed by atoms with Crippen LogP contribution < -0.4 is 15.2 Å². The molecule has 100 valence electrons. The molecule has 0 aromatic heterocycles. The number of rotatable bonds is 6. The quantitative estimate of drug-likeness (QED) is 0.673. The molecule has 0 heterocycles. The second-order valence-electron chi connectivity index (χ2n) is 3.43. The van der Waals surface area contributed by atoms with E-state index in [0.29, 0.717) is 11.5 Å². The molecule has 0 spiro atoms. The summed E-state index contributed by atoms with van der Waals surface area (Å²) in [6, 6.07) is 4.29. The predicted octanol–water partition coefficient (Wildman–Crippen LogP) is 0.236. The lowest BCUT2D eigenvalue weighted by Gasteiger charge is -2.14. The first-order valence-corrected chi connectivity index (χ1v) is 5.13. The van der Waals surface area contributed by atoms with E-state index >= 15 is 0 Å². The van der Waals surface area contributed by atoms with Crippen molar-refractivity contribution in [3.8, 4) is 17.2 Å². The van der Waals surface area contributed by atoms with Crippen molar-refractivity contribution in [2.45, 2.75) is 6.10 Å². The van der Waals surface area contributed by atoms with E-state index in [4.69, 9.17) is 15.2 Å². The van der Waals surface area contributed by atoms with Crippen molar-refractivity contribution in [2.24, 2.45) is 5.73 Å². The van der Waals surface area contributed by atoms with Crippen LogP contribution in [0.4, 0.5) is 4.79 Å². The number of aliphatic hydroxyl groups is 1. The van der Waals surface area contributed by atoms with Crippen LogP contribution in [0.15, 0.2) is 18.2 Å². The Morgan fingerprint density at radius 3 is 2.72 bits per heavy atom. The second-order valence-corrected chi connectivity index (χ2v) is 3.43. The smallest absolute Gasteiger partial charge is 0.404 e. The maximum atomic E-state index is 10.3. The molecule has 7 heteroatoms. The minimum Gasteiger partial charge on any atom is -0.508 e. The van der Waals surface area contributed by atoms with Gasteiger partial charge in [0.15, 0.2) is 11.5 Å². The topological polar surface area (TPSA) is 111 Å². The molecule has 1 aromatic carbocycles. The number of amides is 1. The Kier molecular flexibility index (Phi) is 5.06. The summed E-state index contributed by atoms with van der Waals surface area (Å²) < 4.78 is 14.6. The zero-order valence-corrected chi connectivity index (χ0v) is 9.83. The van der Waals surface area contributed by atoms with Gasteiger partial charge in [0.25, 0.3) is 0 Å². The van der Waals surface area contributed by atoms with Crippen LogP contribution in [-0.2, 0) is 4.74 Å². The number of carbonyl (C=O) groups is 1. The normalized spacial score (nSPS) is 11.7. The average Bonchev–Trinajstić information content (AvgIpc) is 2.34. The molecule has 0 saturated carbocycles. The molecule has 1 unspecified atom stereocenters. The van der Waals surface area contributed by atoms with Gasteiger partial charge in [-0.25, -0.2) is 4.79 Å². The van der Waals surface area contributed by atoms with Crippen molar-refractivity contribution in [3.05, 3.63) is 18.2 Å². The molecule has 0 aliphatic heterocycles. The molecule has 0 bridgehead atoms. The van der Waals surface area contributed by atoms with Crippen molar-refractivity contribution in [2.75, 3.05) is 20.3 Å². The summed E-state index contributed by atoms with van der Waals surface area (Å²) in [6.45, 7) is -0.357. The average molecular weight is 257 g/mol. The molecular formula is C11H15NO6. The van der Waals surface area contributed by atoms with Gasteiger partial charge < -0.3 is 30.2 Å². The molecule has 1 atom stereocenters. The number of primary amides is 1. The van der Waals surface area contributed by atoms with Crippen molar-refractivity contribution >= 4 is 6.09 Å². The first-order valence-electron chi connectivity index (χ1n) is 5.13. The number of hydrogen-bond acceptors (Lipinski definition) is 6. The van der Waals surface area contributed by atoms with Crippen LogP contribution in [0.5, 0.6) is 17.2 Å². The minimum absolute atomic E-state index is 0.0387. The monoisotopic (exact) mass is 257 g/mol. The van der Waals surface area contributed by atoms with Crippen LogP contribution in [0.2, 0.25) is 0 Å². The van der Waals surface area contributed by atoms with Gasteiger partial charge in [0.1, 0.15) is 25.1 Å². The number of benzene rings is 1. The van der Waals surface area contributed by atoms with Crippen molar-refractivity contribution in [1.29, 1.82) is 0 Å². The van der Waals surface area contributed by atoms with E-state index in [1.54, 1.807) is 0 Å². The fraction of sp³-hybridized carbons (Fsp3) is 0.364. The molecule has 0 aliphatic carbocycles. The van der Waals surface area contributed by atoms with Crippen LogP contribution in [0.3, 0.4) is 0 Å². The summed E-state index contributed by atoms with van der Waals surface area (Å²) in [5, 5.41) is 18.7. The van der Waals surface area contributed by atoms with Gasteiger partial charge in [-0.3, -0.25) is 0 Å². The van der Waals surface area contributed by atoms with E-state index < -0.39 is 12.2 Å². The minimum atomic E-state index is -1.00. The number of nitrogens with two attached hydrogens (primary N) is 1. The van der Waals surface area contributed by atoms with E-state index in [1.807, 2.05) is 0 Å². The lowest BCUT2D eigenvalue weighted by atomic mass is 10.3. The number of hydrogen-bond donors (Lipinski definition) is 3. The van der Waals surface area contributed by atoms with Gasteiger partial charge in [-0.05, 0) is 12.1 Å². The molecule has 18 heavy (non-hydrogen) atoms. The molecule has 1 aromatic rings. The van der Waals surface area contributed by atoms with E-state index in [9.17, 15) is 15.0 Å². The SMILES string of the molecule is COc1cc(O)ccc1OCC(O)COC(N)=O. The fourth-order valence-corrected chi connectivity index (χ4v) is 1.19. The Hall–Kier alpha value is -2.15. The zero-order valence-electron chi connectivity index (χ0n) is 9.83. The lowest BCUT2D eigenvalue weighted by molar-refractivity contribution is 0.0412. The predicted molar refractivity (Wildman–Crippen MR) is 61.7 cm³/mol. The summed E-state index contributed by atoms with van der Waals surface area (Å²) in [4.78, 5) is 10.3. The largest absolute Gasteiger partial charge is 0.508 e. The number of methoxy groups -OCH3 is 1. The Morgan fingerprint density at radius 1 is 1.39 bits per heavy atom. The van der Waals surface area contributed by atoms with Gasteiger partial charge in [-0.15, -0.1) is 0 Å². The molecule has 1 amide bonds. The summed E-state index contributed by atoms with van der Waals surface area (Å²) in [6.07, 6.45) is -1.97. The molecular weight excluding hydrogens is 242 g/mol. The van der Waals surface area contributed by atoms with Crippen LogP contribution >= 0.6 is 0 Å². The third-order valence-corrected chi connectivity index (χ3v) is 2.00. The number of phenols is 1. The number of aliphatic hydroxyl groups excluding tert-OH is 1. The molecule has 0 fully saturated rings. The summed E-state index contributed by atoms with van der Waals surface area (Å²) in [5.41, 5.74) is 4.75. The van der Waals surface area contributed by atoms with E-state index in [2.05, 4.69) is 4.74 Å². The zero-order chi connectivity index (χ0) is 13.5. The number of carbonyl (C=O) groups excluding carboxylic acids is 1. The summed E-state index contributed by atoms with van der Waals surface area (Å²) in [7, 11) is 1.42. The molecule has 0 aliphatic rings. The van der Waals surface area contributed by atoms with Crippen LogP contribution in [0.1, 0.15) is 0 Å². The summed E-state index contributed by atoms with van der Waals surface area (Å²) >= 11 is 0.